The van der Waals surface area contributed by atoms with Crippen molar-refractivity contribution in [2.45, 2.75) is 26.3 Å². The van der Waals surface area contributed by atoms with Gasteiger partial charge in [0.1, 0.15) is 5.75 Å². The summed E-state index contributed by atoms with van der Waals surface area (Å²) in [6.45, 7) is 7.59. The highest BCUT2D eigenvalue weighted by atomic mass is 79.9. The lowest BCUT2D eigenvalue weighted by molar-refractivity contribution is -0.896. The third kappa shape index (κ3) is 5.05. The maximum atomic E-state index is 13.5. The van der Waals surface area contributed by atoms with Gasteiger partial charge in [-0.25, -0.2) is 0 Å². The van der Waals surface area contributed by atoms with E-state index in [-0.39, 0.29) is 5.57 Å². The summed E-state index contributed by atoms with van der Waals surface area (Å²) in [5.74, 6) is -1.26. The lowest BCUT2D eigenvalue weighted by Crippen LogP contribution is -3.11. The predicted octanol–water partition coefficient (Wildman–Crippen LogP) is 2.00. The SMILES string of the molecule is CC[NH+](CC)CCCN1C(=O)C(=O)C(=C([O-])c2cccc(OC)c2)C1c1cccc(Br)c1. The van der Waals surface area contributed by atoms with Crippen molar-refractivity contribution in [2.24, 2.45) is 0 Å². The molecule has 0 aliphatic carbocycles. The molecular formula is C25H29BrN2O4. The molecule has 170 valence electrons. The van der Waals surface area contributed by atoms with Crippen molar-refractivity contribution >= 4 is 33.4 Å². The Hall–Kier alpha value is -2.64. The number of nitrogens with zero attached hydrogens (tertiary/aromatic N) is 1. The lowest BCUT2D eigenvalue weighted by atomic mass is 9.95. The monoisotopic (exact) mass is 500 g/mol. The largest absolute Gasteiger partial charge is 0.872 e. The van der Waals surface area contributed by atoms with Gasteiger partial charge < -0.3 is 19.6 Å². The molecule has 0 radical (unpaired) electrons. The summed E-state index contributed by atoms with van der Waals surface area (Å²) in [5.41, 5.74) is 1.06. The molecule has 7 heteroatoms. The van der Waals surface area contributed by atoms with E-state index in [4.69, 9.17) is 4.74 Å². The number of amides is 1. The zero-order valence-electron chi connectivity index (χ0n) is 18.7. The van der Waals surface area contributed by atoms with E-state index in [1.807, 2.05) is 24.3 Å². The molecule has 1 fully saturated rings. The number of carbonyl (C=O) groups excluding carboxylic acids is 2. The Kier molecular flexibility index (Phi) is 8.10. The Balaban J connectivity index is 2.04. The molecule has 1 aliphatic heterocycles. The fraction of sp³-hybridized carbons (Fsp3) is 0.360. The number of Topliss-reactive ketones (excluding diaryl/α,β-unsaturated/α-hetero) is 1. The van der Waals surface area contributed by atoms with Crippen LogP contribution in [-0.4, -0.2) is 49.9 Å². The van der Waals surface area contributed by atoms with E-state index >= 15 is 0 Å². The highest BCUT2D eigenvalue weighted by Gasteiger charge is 2.44. The molecule has 2 aromatic rings. The van der Waals surface area contributed by atoms with Crippen LogP contribution in [0.1, 0.15) is 37.4 Å². The van der Waals surface area contributed by atoms with Crippen molar-refractivity contribution in [2.75, 3.05) is 33.3 Å². The smallest absolute Gasteiger partial charge is 0.295 e. The van der Waals surface area contributed by atoms with Crippen molar-refractivity contribution < 1.29 is 24.3 Å². The van der Waals surface area contributed by atoms with Crippen LogP contribution < -0.4 is 14.7 Å². The number of methoxy groups -OCH3 is 1. The van der Waals surface area contributed by atoms with E-state index < -0.39 is 23.5 Å². The second-order valence-corrected chi connectivity index (χ2v) is 8.74. The summed E-state index contributed by atoms with van der Waals surface area (Å²) in [5, 5.41) is 13.5. The number of quaternary nitrogens is 1. The number of likely N-dealkylation sites (tertiary alicyclic amines) is 1. The molecule has 1 atom stereocenters. The van der Waals surface area contributed by atoms with Gasteiger partial charge in [0.2, 0.25) is 5.78 Å². The molecule has 1 saturated heterocycles. The molecule has 1 unspecified atom stereocenters. The van der Waals surface area contributed by atoms with Gasteiger partial charge in [0.25, 0.3) is 5.91 Å². The van der Waals surface area contributed by atoms with Crippen LogP contribution >= 0.6 is 15.9 Å². The van der Waals surface area contributed by atoms with Crippen LogP contribution in [0.25, 0.3) is 5.76 Å². The highest BCUT2D eigenvalue weighted by molar-refractivity contribution is 9.10. The average molecular weight is 501 g/mol. The van der Waals surface area contributed by atoms with E-state index in [0.29, 0.717) is 17.9 Å². The summed E-state index contributed by atoms with van der Waals surface area (Å²) in [6, 6.07) is 13.4. The number of benzene rings is 2. The van der Waals surface area contributed by atoms with Crippen LogP contribution in [0.3, 0.4) is 0 Å². The molecule has 32 heavy (non-hydrogen) atoms. The van der Waals surface area contributed by atoms with Crippen molar-refractivity contribution in [3.63, 3.8) is 0 Å². The van der Waals surface area contributed by atoms with Crippen molar-refractivity contribution in [3.05, 3.63) is 69.7 Å². The van der Waals surface area contributed by atoms with Crippen LogP contribution in [-0.2, 0) is 9.59 Å². The van der Waals surface area contributed by atoms with Gasteiger partial charge in [0, 0.05) is 23.0 Å². The number of hydrogen-bond acceptors (Lipinski definition) is 4. The van der Waals surface area contributed by atoms with Crippen molar-refractivity contribution in [1.82, 2.24) is 4.90 Å². The zero-order chi connectivity index (χ0) is 23.3. The Morgan fingerprint density at radius 1 is 1.12 bits per heavy atom. The van der Waals surface area contributed by atoms with E-state index in [2.05, 4.69) is 29.8 Å². The molecule has 1 heterocycles. The molecule has 2 aromatic carbocycles. The van der Waals surface area contributed by atoms with E-state index in [0.717, 1.165) is 36.1 Å². The van der Waals surface area contributed by atoms with E-state index in [9.17, 15) is 14.7 Å². The molecule has 1 N–H and O–H groups in total. The van der Waals surface area contributed by atoms with Crippen LogP contribution in [0.5, 0.6) is 5.75 Å². The minimum Gasteiger partial charge on any atom is -0.872 e. The maximum absolute atomic E-state index is 13.5. The second kappa shape index (κ2) is 10.8. The first kappa shape index (κ1) is 24.0. The lowest BCUT2D eigenvalue weighted by Gasteiger charge is -2.28. The standard InChI is InChI=1S/C25H29BrN2O4/c1-4-27(5-2)13-8-14-28-22(17-9-6-11-19(26)15-17)21(24(30)25(28)31)23(29)18-10-7-12-20(16-18)32-3/h6-7,9-12,15-16,22,29H,4-5,8,13-14H2,1-3H3. The van der Waals surface area contributed by atoms with Gasteiger partial charge in [-0.3, -0.25) is 9.59 Å². The molecule has 1 amide bonds. The Labute approximate surface area is 197 Å². The number of rotatable bonds is 9. The maximum Gasteiger partial charge on any atom is 0.295 e. The number of carbonyl (C=O) groups is 2. The van der Waals surface area contributed by atoms with E-state index in [1.165, 1.54) is 12.0 Å². The molecule has 1 aliphatic rings. The first-order chi connectivity index (χ1) is 15.4. The van der Waals surface area contributed by atoms with Crippen LogP contribution in [0, 0.1) is 0 Å². The molecule has 0 saturated carbocycles. The van der Waals surface area contributed by atoms with E-state index in [1.54, 1.807) is 29.2 Å². The number of ketones is 1. The zero-order valence-corrected chi connectivity index (χ0v) is 20.3. The van der Waals surface area contributed by atoms with Gasteiger partial charge in [-0.05, 0) is 49.2 Å². The van der Waals surface area contributed by atoms with Crippen LogP contribution in [0.2, 0.25) is 0 Å². The molecule has 0 spiro atoms. The van der Waals surface area contributed by atoms with Crippen LogP contribution in [0.4, 0.5) is 0 Å². The Morgan fingerprint density at radius 3 is 2.50 bits per heavy atom. The normalized spacial score (nSPS) is 17.9. The minimum atomic E-state index is -0.724. The number of ether oxygens (including phenoxy) is 1. The molecule has 0 aromatic heterocycles. The van der Waals surface area contributed by atoms with Gasteiger partial charge >= 0.3 is 0 Å². The summed E-state index contributed by atoms with van der Waals surface area (Å²) in [7, 11) is 1.52. The number of halogens is 1. The quantitative estimate of drug-likeness (QED) is 0.324. The third-order valence-electron chi connectivity index (χ3n) is 5.96. The predicted molar refractivity (Wildman–Crippen MR) is 125 cm³/mol. The van der Waals surface area contributed by atoms with Crippen LogP contribution in [0.15, 0.2) is 58.6 Å². The van der Waals surface area contributed by atoms with Crippen molar-refractivity contribution in [1.29, 1.82) is 0 Å². The summed E-state index contributed by atoms with van der Waals surface area (Å²) in [4.78, 5) is 29.1. The first-order valence-corrected chi connectivity index (χ1v) is 11.7. The number of nitrogens with one attached hydrogen (secondary N) is 1. The van der Waals surface area contributed by atoms with Gasteiger partial charge in [0.05, 0.1) is 32.8 Å². The molecule has 3 rings (SSSR count). The fourth-order valence-electron chi connectivity index (χ4n) is 4.15. The Bertz CT molecular complexity index is 1020. The average Bonchev–Trinajstić information content (AvgIpc) is 3.06. The second-order valence-electron chi connectivity index (χ2n) is 7.82. The molecular weight excluding hydrogens is 472 g/mol. The highest BCUT2D eigenvalue weighted by Crippen LogP contribution is 2.39. The van der Waals surface area contributed by atoms with Gasteiger partial charge in [0.15, 0.2) is 0 Å². The van der Waals surface area contributed by atoms with Gasteiger partial charge in [-0.15, -0.1) is 0 Å². The van der Waals surface area contributed by atoms with Gasteiger partial charge in [-0.1, -0.05) is 46.0 Å². The van der Waals surface area contributed by atoms with Crippen molar-refractivity contribution in [3.8, 4) is 5.75 Å². The Morgan fingerprint density at radius 2 is 1.84 bits per heavy atom. The minimum absolute atomic E-state index is 0.00320. The summed E-state index contributed by atoms with van der Waals surface area (Å²) < 4.78 is 6.05. The topological polar surface area (TPSA) is 74.1 Å². The van der Waals surface area contributed by atoms with Gasteiger partial charge in [-0.2, -0.15) is 0 Å². The number of hydrogen-bond donors (Lipinski definition) is 1. The summed E-state index contributed by atoms with van der Waals surface area (Å²) in [6.07, 6.45) is 0.751. The summed E-state index contributed by atoms with van der Waals surface area (Å²) >= 11 is 3.47. The third-order valence-corrected chi connectivity index (χ3v) is 6.45. The fourth-order valence-corrected chi connectivity index (χ4v) is 4.56. The first-order valence-electron chi connectivity index (χ1n) is 10.9. The molecule has 6 nitrogen and oxygen atoms in total. The molecule has 0 bridgehead atoms.